The van der Waals surface area contributed by atoms with Crippen LogP contribution < -0.4 is 5.32 Å². The first-order valence-electron chi connectivity index (χ1n) is 6.94. The van der Waals surface area contributed by atoms with Crippen LogP contribution in [-0.2, 0) is 0 Å². The second kappa shape index (κ2) is 5.68. The maximum absolute atomic E-state index is 3.62. The molecule has 1 fully saturated rings. The Morgan fingerprint density at radius 3 is 2.59 bits per heavy atom. The molecule has 0 saturated heterocycles. The summed E-state index contributed by atoms with van der Waals surface area (Å²) in [5.41, 5.74) is 2.92. The molecule has 0 heterocycles. The molecule has 0 aromatic heterocycles. The highest BCUT2D eigenvalue weighted by Gasteiger charge is 2.31. The van der Waals surface area contributed by atoms with Crippen molar-refractivity contribution in [3.8, 4) is 0 Å². The zero-order valence-corrected chi connectivity index (χ0v) is 11.4. The number of aryl methyl sites for hydroxylation is 1. The highest BCUT2D eigenvalue weighted by Crippen LogP contribution is 2.42. The fourth-order valence-electron chi connectivity index (χ4n) is 2.48. The van der Waals surface area contributed by atoms with Crippen LogP contribution in [0.3, 0.4) is 0 Å². The van der Waals surface area contributed by atoms with E-state index in [-0.39, 0.29) is 0 Å². The Labute approximate surface area is 106 Å². The van der Waals surface area contributed by atoms with Gasteiger partial charge in [-0.1, -0.05) is 43.7 Å². The molecule has 94 valence electrons. The quantitative estimate of drug-likeness (QED) is 0.786. The number of nitrogens with one attached hydrogen (secondary N) is 1. The van der Waals surface area contributed by atoms with Crippen LogP contribution in [0.15, 0.2) is 24.3 Å². The molecule has 0 aliphatic heterocycles. The van der Waals surface area contributed by atoms with E-state index in [0.717, 1.165) is 30.8 Å². The number of benzene rings is 1. The fraction of sp³-hybridized carbons (Fsp3) is 0.625. The molecular formula is C16H25N. The monoisotopic (exact) mass is 231 g/mol. The fourth-order valence-corrected chi connectivity index (χ4v) is 2.48. The maximum Gasteiger partial charge on any atom is 0.00229 e. The van der Waals surface area contributed by atoms with Crippen LogP contribution >= 0.6 is 0 Å². The van der Waals surface area contributed by atoms with E-state index in [1.165, 1.54) is 24.0 Å². The van der Waals surface area contributed by atoms with Gasteiger partial charge in [-0.05, 0) is 49.6 Å². The van der Waals surface area contributed by atoms with Gasteiger partial charge in [-0.15, -0.1) is 0 Å². The van der Waals surface area contributed by atoms with Crippen molar-refractivity contribution in [2.45, 2.75) is 39.5 Å². The Morgan fingerprint density at radius 2 is 2.00 bits per heavy atom. The lowest BCUT2D eigenvalue weighted by atomic mass is 9.93. The van der Waals surface area contributed by atoms with Gasteiger partial charge in [-0.25, -0.2) is 0 Å². The summed E-state index contributed by atoms with van der Waals surface area (Å²) in [4.78, 5) is 0. The molecule has 2 rings (SSSR count). The van der Waals surface area contributed by atoms with Gasteiger partial charge < -0.3 is 5.32 Å². The van der Waals surface area contributed by atoms with E-state index in [1.54, 1.807) is 0 Å². The topological polar surface area (TPSA) is 12.0 Å². The van der Waals surface area contributed by atoms with E-state index in [1.807, 2.05) is 0 Å². The third-order valence-corrected chi connectivity index (χ3v) is 3.58. The smallest absolute Gasteiger partial charge is 0.00229 e. The van der Waals surface area contributed by atoms with Crippen LogP contribution in [0.1, 0.15) is 43.7 Å². The second-order valence-electron chi connectivity index (χ2n) is 5.91. The minimum absolute atomic E-state index is 0.730. The first-order chi connectivity index (χ1) is 8.16. The van der Waals surface area contributed by atoms with Crippen LogP contribution in [0.2, 0.25) is 0 Å². The van der Waals surface area contributed by atoms with Crippen LogP contribution in [-0.4, -0.2) is 13.1 Å². The molecule has 0 bridgehead atoms. The van der Waals surface area contributed by atoms with Gasteiger partial charge in [-0.2, -0.15) is 0 Å². The predicted molar refractivity (Wildman–Crippen MR) is 74.4 cm³/mol. The number of hydrogen-bond donors (Lipinski definition) is 1. The first-order valence-corrected chi connectivity index (χ1v) is 6.94. The summed E-state index contributed by atoms with van der Waals surface area (Å²) >= 11 is 0. The SMILES string of the molecule is Cc1cccc(C(CNCC(C)C)C2CC2)c1. The number of hydrogen-bond acceptors (Lipinski definition) is 1. The summed E-state index contributed by atoms with van der Waals surface area (Å²) in [5, 5.41) is 3.62. The second-order valence-corrected chi connectivity index (χ2v) is 5.91. The van der Waals surface area contributed by atoms with Gasteiger partial charge in [0.1, 0.15) is 0 Å². The van der Waals surface area contributed by atoms with Crippen molar-refractivity contribution < 1.29 is 0 Å². The Bertz CT molecular complexity index is 352. The zero-order valence-electron chi connectivity index (χ0n) is 11.4. The Kier molecular flexibility index (Phi) is 4.22. The van der Waals surface area contributed by atoms with Crippen LogP contribution in [0.5, 0.6) is 0 Å². The molecule has 1 aromatic carbocycles. The maximum atomic E-state index is 3.62. The Balaban J connectivity index is 1.97. The third-order valence-electron chi connectivity index (χ3n) is 3.58. The van der Waals surface area contributed by atoms with Crippen molar-refractivity contribution in [3.05, 3.63) is 35.4 Å². The molecule has 1 aliphatic rings. The van der Waals surface area contributed by atoms with E-state index in [9.17, 15) is 0 Å². The average molecular weight is 231 g/mol. The largest absolute Gasteiger partial charge is 0.316 e. The molecule has 1 aliphatic carbocycles. The van der Waals surface area contributed by atoms with Crippen molar-refractivity contribution in [1.29, 1.82) is 0 Å². The highest BCUT2D eigenvalue weighted by atomic mass is 14.9. The van der Waals surface area contributed by atoms with Crippen molar-refractivity contribution in [1.82, 2.24) is 5.32 Å². The van der Waals surface area contributed by atoms with Gasteiger partial charge in [0, 0.05) is 6.54 Å². The van der Waals surface area contributed by atoms with Crippen molar-refractivity contribution in [2.24, 2.45) is 11.8 Å². The standard InChI is InChI=1S/C16H25N/c1-12(2)10-17-11-16(14-7-8-14)15-6-4-5-13(3)9-15/h4-6,9,12,14,16-17H,7-8,10-11H2,1-3H3. The minimum atomic E-state index is 0.730. The lowest BCUT2D eigenvalue weighted by Gasteiger charge is -2.19. The normalized spacial score (nSPS) is 17.4. The Hall–Kier alpha value is -0.820. The molecule has 17 heavy (non-hydrogen) atoms. The Morgan fingerprint density at radius 1 is 1.24 bits per heavy atom. The molecule has 1 heteroatoms. The molecule has 0 amide bonds. The van der Waals surface area contributed by atoms with Crippen LogP contribution in [0, 0.1) is 18.8 Å². The van der Waals surface area contributed by atoms with Gasteiger partial charge in [0.15, 0.2) is 0 Å². The van der Waals surface area contributed by atoms with Crippen LogP contribution in [0.25, 0.3) is 0 Å². The summed E-state index contributed by atoms with van der Waals surface area (Å²) < 4.78 is 0. The van der Waals surface area contributed by atoms with Crippen molar-refractivity contribution in [3.63, 3.8) is 0 Å². The summed E-state index contributed by atoms with van der Waals surface area (Å²) in [5.74, 6) is 2.40. The summed E-state index contributed by atoms with van der Waals surface area (Å²) in [6.07, 6.45) is 2.84. The van der Waals surface area contributed by atoms with Gasteiger partial charge in [-0.3, -0.25) is 0 Å². The van der Waals surface area contributed by atoms with E-state index in [4.69, 9.17) is 0 Å². The molecule has 1 unspecified atom stereocenters. The van der Waals surface area contributed by atoms with Gasteiger partial charge in [0.2, 0.25) is 0 Å². The van der Waals surface area contributed by atoms with E-state index < -0.39 is 0 Å². The summed E-state index contributed by atoms with van der Waals surface area (Å²) in [6.45, 7) is 9.01. The summed E-state index contributed by atoms with van der Waals surface area (Å²) in [7, 11) is 0. The molecule has 0 spiro atoms. The third kappa shape index (κ3) is 3.85. The van der Waals surface area contributed by atoms with Gasteiger partial charge >= 0.3 is 0 Å². The molecule has 1 aromatic rings. The van der Waals surface area contributed by atoms with Crippen LogP contribution in [0.4, 0.5) is 0 Å². The zero-order chi connectivity index (χ0) is 12.3. The van der Waals surface area contributed by atoms with Crippen molar-refractivity contribution in [2.75, 3.05) is 13.1 Å². The molecular weight excluding hydrogens is 206 g/mol. The average Bonchev–Trinajstić information content (AvgIpc) is 3.08. The lowest BCUT2D eigenvalue weighted by Crippen LogP contribution is -2.26. The summed E-state index contributed by atoms with van der Waals surface area (Å²) in [6, 6.07) is 9.05. The van der Waals surface area contributed by atoms with E-state index in [0.29, 0.717) is 0 Å². The number of rotatable bonds is 6. The minimum Gasteiger partial charge on any atom is -0.316 e. The highest BCUT2D eigenvalue weighted by molar-refractivity contribution is 5.27. The molecule has 1 N–H and O–H groups in total. The van der Waals surface area contributed by atoms with Crippen molar-refractivity contribution >= 4 is 0 Å². The van der Waals surface area contributed by atoms with E-state index in [2.05, 4.69) is 50.4 Å². The lowest BCUT2D eigenvalue weighted by molar-refractivity contribution is 0.491. The molecule has 1 saturated carbocycles. The molecule has 1 nitrogen and oxygen atoms in total. The van der Waals surface area contributed by atoms with Gasteiger partial charge in [0.25, 0.3) is 0 Å². The molecule has 1 atom stereocenters. The predicted octanol–water partition coefficient (Wildman–Crippen LogP) is 3.73. The first kappa shape index (κ1) is 12.6. The van der Waals surface area contributed by atoms with Gasteiger partial charge in [0.05, 0.1) is 0 Å². The van der Waals surface area contributed by atoms with E-state index >= 15 is 0 Å². The molecule has 0 radical (unpaired) electrons.